The van der Waals surface area contributed by atoms with E-state index in [4.69, 9.17) is 9.98 Å². The number of ketones is 1. The molecule has 184 valence electrons. The molecule has 3 aromatic carbocycles. The minimum absolute atomic E-state index is 0.0580. The van der Waals surface area contributed by atoms with Gasteiger partial charge in [0, 0.05) is 25.8 Å². The molecular weight excluding hydrogens is 458 g/mol. The van der Waals surface area contributed by atoms with Gasteiger partial charge in [-0.15, -0.1) is 0 Å². The van der Waals surface area contributed by atoms with Gasteiger partial charge in [0.15, 0.2) is 0 Å². The van der Waals surface area contributed by atoms with E-state index in [1.54, 1.807) is 0 Å². The number of rotatable bonds is 5. The molecule has 3 aromatic rings. The third kappa shape index (κ3) is 3.93. The van der Waals surface area contributed by atoms with Gasteiger partial charge in [0.1, 0.15) is 17.8 Å². The quantitative estimate of drug-likeness (QED) is 0.565. The zero-order chi connectivity index (χ0) is 24.8. The number of carbonyl (C=O) groups excluding carboxylic acids is 1. The van der Waals surface area contributed by atoms with Crippen molar-refractivity contribution in [1.29, 1.82) is 0 Å². The average Bonchev–Trinajstić information content (AvgIpc) is 3.59. The van der Waals surface area contributed by atoms with E-state index in [2.05, 4.69) is 100 Å². The third-order valence-electron chi connectivity index (χ3n) is 7.94. The summed E-state index contributed by atoms with van der Waals surface area (Å²) in [7, 11) is 0. The lowest BCUT2D eigenvalue weighted by molar-refractivity contribution is -0.117. The second-order valence-corrected chi connectivity index (χ2v) is 10.4. The topological polar surface area (TPSA) is 60.3 Å². The van der Waals surface area contributed by atoms with Gasteiger partial charge in [-0.2, -0.15) is 0 Å². The number of hydrogen-bond acceptors (Lipinski definition) is 6. The lowest BCUT2D eigenvalue weighted by atomic mass is 9.96. The molecule has 2 unspecified atom stereocenters. The molecule has 1 saturated carbocycles. The average molecular weight is 488 g/mol. The number of allylic oxidation sites excluding steroid dienone is 1. The highest BCUT2D eigenvalue weighted by Gasteiger charge is 2.49. The van der Waals surface area contributed by atoms with Crippen LogP contribution in [0.5, 0.6) is 0 Å². The number of benzene rings is 3. The number of carbonyl (C=O) groups is 1. The van der Waals surface area contributed by atoms with Gasteiger partial charge in [0.25, 0.3) is 0 Å². The normalized spacial score (nSPS) is 23.9. The molecular formula is C31H29N5O. The highest BCUT2D eigenvalue weighted by Crippen LogP contribution is 2.40. The molecule has 4 aliphatic rings. The molecule has 0 saturated heterocycles. The maximum absolute atomic E-state index is 12.1. The predicted octanol–water partition coefficient (Wildman–Crippen LogP) is 4.74. The summed E-state index contributed by atoms with van der Waals surface area (Å²) in [6, 6.07) is 29.9. The zero-order valence-corrected chi connectivity index (χ0v) is 20.7. The van der Waals surface area contributed by atoms with Crippen molar-refractivity contribution in [2.45, 2.75) is 43.9 Å². The van der Waals surface area contributed by atoms with Crippen molar-refractivity contribution in [3.8, 4) is 11.1 Å². The molecule has 7 rings (SSSR count). The standard InChI is InChI=1S/C31H29N5O/c37-25-15-16-31(18-25)21-36-29-27(19-32-30(36)34-31)35(20-22-9-3-1-4-10-22)28(33-29)17-24-13-7-8-14-26(24)23-11-5-2-6-12-23/h1-14,19,28,33H,15-18,20-21H2. The highest BCUT2D eigenvalue weighted by atomic mass is 16.1. The number of nitrogens with one attached hydrogen (secondary N) is 1. The molecule has 1 N–H and O–H groups in total. The SMILES string of the molecule is O=C1CCC2(C1)CN1C(=N2)N=CC2=C1NC(Cc1ccccc1-c1ccccc1)N2Cc1ccccc1. The molecule has 0 aromatic heterocycles. The summed E-state index contributed by atoms with van der Waals surface area (Å²) in [5, 5.41) is 3.85. The van der Waals surface area contributed by atoms with Crippen LogP contribution < -0.4 is 5.32 Å². The van der Waals surface area contributed by atoms with E-state index >= 15 is 0 Å². The predicted molar refractivity (Wildman–Crippen MR) is 146 cm³/mol. The molecule has 1 fully saturated rings. The first-order valence-corrected chi connectivity index (χ1v) is 13.1. The number of Topliss-reactive ketones (excluding diaryl/α,β-unsaturated/α-hetero) is 1. The Bertz CT molecular complexity index is 1440. The summed E-state index contributed by atoms with van der Waals surface area (Å²) in [5.41, 5.74) is 5.81. The monoisotopic (exact) mass is 487 g/mol. The van der Waals surface area contributed by atoms with Crippen LogP contribution in [0.25, 0.3) is 11.1 Å². The Morgan fingerprint density at radius 1 is 0.946 bits per heavy atom. The summed E-state index contributed by atoms with van der Waals surface area (Å²) in [5.74, 6) is 2.09. The van der Waals surface area contributed by atoms with Gasteiger partial charge in [-0.25, -0.2) is 9.98 Å². The van der Waals surface area contributed by atoms with E-state index in [1.807, 2.05) is 6.21 Å². The molecule has 0 amide bonds. The maximum atomic E-state index is 12.1. The van der Waals surface area contributed by atoms with Crippen LogP contribution in [0.1, 0.15) is 30.4 Å². The zero-order valence-electron chi connectivity index (χ0n) is 20.7. The van der Waals surface area contributed by atoms with Crippen LogP contribution >= 0.6 is 0 Å². The molecule has 6 heteroatoms. The Labute approximate surface area is 217 Å². The van der Waals surface area contributed by atoms with Crippen molar-refractivity contribution in [1.82, 2.24) is 15.1 Å². The van der Waals surface area contributed by atoms with Crippen LogP contribution in [0.15, 0.2) is 106 Å². The minimum Gasteiger partial charge on any atom is -0.349 e. The van der Waals surface area contributed by atoms with Crippen LogP contribution in [0, 0.1) is 0 Å². The van der Waals surface area contributed by atoms with Crippen LogP contribution in [-0.2, 0) is 17.8 Å². The van der Waals surface area contributed by atoms with E-state index in [0.717, 1.165) is 36.9 Å². The van der Waals surface area contributed by atoms with Gasteiger partial charge in [0.05, 0.1) is 24.0 Å². The first-order valence-electron chi connectivity index (χ1n) is 13.1. The maximum Gasteiger partial charge on any atom is 0.227 e. The van der Waals surface area contributed by atoms with E-state index < -0.39 is 0 Å². The molecule has 6 nitrogen and oxygen atoms in total. The Hall–Kier alpha value is -4.19. The number of nitrogens with zero attached hydrogens (tertiary/aromatic N) is 4. The van der Waals surface area contributed by atoms with E-state index in [0.29, 0.717) is 25.2 Å². The van der Waals surface area contributed by atoms with Gasteiger partial charge in [-0.3, -0.25) is 9.69 Å². The summed E-state index contributed by atoms with van der Waals surface area (Å²) in [6.45, 7) is 1.49. The molecule has 37 heavy (non-hydrogen) atoms. The fourth-order valence-corrected chi connectivity index (χ4v) is 6.12. The first kappa shape index (κ1) is 22.0. The molecule has 3 heterocycles. The Morgan fingerprint density at radius 3 is 2.49 bits per heavy atom. The van der Waals surface area contributed by atoms with Crippen LogP contribution in [0.2, 0.25) is 0 Å². The summed E-state index contributed by atoms with van der Waals surface area (Å²) in [4.78, 5) is 26.5. The number of guanidine groups is 1. The fraction of sp³-hybridized carbons (Fsp3) is 0.258. The van der Waals surface area contributed by atoms with Crippen LogP contribution in [0.3, 0.4) is 0 Å². The molecule has 2 atom stereocenters. The second-order valence-electron chi connectivity index (χ2n) is 10.4. The second kappa shape index (κ2) is 8.73. The summed E-state index contributed by atoms with van der Waals surface area (Å²) >= 11 is 0. The van der Waals surface area contributed by atoms with E-state index in [-0.39, 0.29) is 11.7 Å². The minimum atomic E-state index is -0.323. The van der Waals surface area contributed by atoms with Gasteiger partial charge >= 0.3 is 0 Å². The van der Waals surface area contributed by atoms with E-state index in [1.165, 1.54) is 22.3 Å². The third-order valence-corrected chi connectivity index (χ3v) is 7.94. The number of fused-ring (bicyclic) bond motifs is 2. The van der Waals surface area contributed by atoms with Gasteiger partial charge in [-0.1, -0.05) is 84.9 Å². The Kier molecular flexibility index (Phi) is 5.20. The van der Waals surface area contributed by atoms with Gasteiger partial charge in [0.2, 0.25) is 5.96 Å². The number of aliphatic imine (C=N–C) groups is 2. The molecule has 1 aliphatic carbocycles. The summed E-state index contributed by atoms with van der Waals surface area (Å²) < 4.78 is 0. The number of hydrogen-bond donors (Lipinski definition) is 1. The van der Waals surface area contributed by atoms with Crippen LogP contribution in [-0.4, -0.2) is 46.0 Å². The lowest BCUT2D eigenvalue weighted by Crippen LogP contribution is -2.42. The fourth-order valence-electron chi connectivity index (χ4n) is 6.12. The molecule has 0 bridgehead atoms. The molecule has 0 radical (unpaired) electrons. The van der Waals surface area contributed by atoms with Crippen molar-refractivity contribution in [3.05, 3.63) is 108 Å². The van der Waals surface area contributed by atoms with Crippen molar-refractivity contribution >= 4 is 18.0 Å². The lowest BCUT2D eigenvalue weighted by Gasteiger charge is -2.28. The van der Waals surface area contributed by atoms with Gasteiger partial charge < -0.3 is 10.2 Å². The largest absolute Gasteiger partial charge is 0.349 e. The molecule has 1 spiro atoms. The molecule has 3 aliphatic heterocycles. The smallest absolute Gasteiger partial charge is 0.227 e. The Morgan fingerprint density at radius 2 is 1.70 bits per heavy atom. The van der Waals surface area contributed by atoms with Crippen molar-refractivity contribution in [2.24, 2.45) is 9.98 Å². The van der Waals surface area contributed by atoms with Crippen molar-refractivity contribution < 1.29 is 4.79 Å². The van der Waals surface area contributed by atoms with Crippen molar-refractivity contribution in [3.63, 3.8) is 0 Å². The van der Waals surface area contributed by atoms with Gasteiger partial charge in [-0.05, 0) is 28.7 Å². The summed E-state index contributed by atoms with van der Waals surface area (Å²) in [6.07, 6.45) is 4.80. The Balaban J connectivity index is 1.23. The first-order chi connectivity index (χ1) is 18.2. The highest BCUT2D eigenvalue weighted by molar-refractivity contribution is 6.00. The van der Waals surface area contributed by atoms with Crippen molar-refractivity contribution in [2.75, 3.05) is 6.54 Å². The van der Waals surface area contributed by atoms with Crippen LogP contribution in [0.4, 0.5) is 0 Å². The van der Waals surface area contributed by atoms with E-state index in [9.17, 15) is 4.79 Å².